The highest BCUT2D eigenvalue weighted by molar-refractivity contribution is 5.70. The van der Waals surface area contributed by atoms with Crippen LogP contribution in [-0.4, -0.2) is 24.8 Å². The molecule has 3 aromatic carbocycles. The van der Waals surface area contributed by atoms with Crippen molar-refractivity contribution >= 4 is 5.97 Å². The summed E-state index contributed by atoms with van der Waals surface area (Å²) in [5.41, 5.74) is 3.94. The first-order valence-electron chi connectivity index (χ1n) is 12.3. The molecule has 1 fully saturated rings. The van der Waals surface area contributed by atoms with Gasteiger partial charge in [-0.15, -0.1) is 0 Å². The number of hydrogen-bond acceptors (Lipinski definition) is 4. The molecular formula is C30H33FO5. The number of halogens is 1. The van der Waals surface area contributed by atoms with Gasteiger partial charge in [0.1, 0.15) is 23.9 Å². The molecular weight excluding hydrogens is 459 g/mol. The molecule has 1 saturated heterocycles. The number of benzene rings is 3. The van der Waals surface area contributed by atoms with Gasteiger partial charge in [-0.25, -0.2) is 4.39 Å². The highest BCUT2D eigenvalue weighted by atomic mass is 19.1. The first kappa shape index (κ1) is 25.7. The molecule has 0 amide bonds. The third kappa shape index (κ3) is 6.05. The van der Waals surface area contributed by atoms with Crippen LogP contribution in [0.25, 0.3) is 11.1 Å². The lowest BCUT2D eigenvalue weighted by molar-refractivity contribution is -0.136. The van der Waals surface area contributed by atoms with E-state index in [0.29, 0.717) is 36.7 Å². The van der Waals surface area contributed by atoms with Crippen LogP contribution in [0.4, 0.5) is 4.39 Å². The van der Waals surface area contributed by atoms with Gasteiger partial charge in [-0.1, -0.05) is 38.1 Å². The second kappa shape index (κ2) is 11.1. The van der Waals surface area contributed by atoms with Crippen LogP contribution >= 0.6 is 0 Å². The van der Waals surface area contributed by atoms with Gasteiger partial charge < -0.3 is 19.3 Å². The Morgan fingerprint density at radius 3 is 2.64 bits per heavy atom. The summed E-state index contributed by atoms with van der Waals surface area (Å²) in [7, 11) is 1.57. The van der Waals surface area contributed by atoms with Crippen molar-refractivity contribution in [1.29, 1.82) is 0 Å². The van der Waals surface area contributed by atoms with E-state index in [9.17, 15) is 9.18 Å². The largest absolute Gasteiger partial charge is 0.497 e. The van der Waals surface area contributed by atoms with Crippen molar-refractivity contribution in [2.75, 3.05) is 13.7 Å². The van der Waals surface area contributed by atoms with Crippen LogP contribution in [0.15, 0.2) is 60.7 Å². The molecule has 0 aliphatic carbocycles. The number of carbonyl (C=O) groups is 1. The fourth-order valence-electron chi connectivity index (χ4n) is 4.81. The van der Waals surface area contributed by atoms with Crippen LogP contribution in [0, 0.1) is 11.2 Å². The summed E-state index contributed by atoms with van der Waals surface area (Å²) in [6.07, 6.45) is 2.35. The van der Waals surface area contributed by atoms with Crippen molar-refractivity contribution in [2.45, 2.75) is 52.2 Å². The number of aryl methyl sites for hydroxylation is 1. The SMILES string of the molecule is COc1ccc(F)c(-c2ccc(COc3cccc(CCC(=O)O)c3)cc2C2OCCCC2(C)C)c1. The van der Waals surface area contributed by atoms with Gasteiger partial charge in [-0.3, -0.25) is 4.79 Å². The van der Waals surface area contributed by atoms with Crippen LogP contribution in [0.1, 0.15) is 55.9 Å². The van der Waals surface area contributed by atoms with Crippen molar-refractivity contribution in [1.82, 2.24) is 0 Å². The van der Waals surface area contributed by atoms with Gasteiger partial charge in [0, 0.05) is 18.6 Å². The molecule has 36 heavy (non-hydrogen) atoms. The Hall–Kier alpha value is -3.38. The van der Waals surface area contributed by atoms with Gasteiger partial charge in [-0.05, 0) is 83.3 Å². The van der Waals surface area contributed by atoms with E-state index >= 15 is 0 Å². The minimum absolute atomic E-state index is 0.0757. The smallest absolute Gasteiger partial charge is 0.303 e. The van der Waals surface area contributed by atoms with Crippen molar-refractivity contribution in [3.8, 4) is 22.6 Å². The van der Waals surface area contributed by atoms with Crippen LogP contribution in [0.5, 0.6) is 11.5 Å². The number of methoxy groups -OCH3 is 1. The van der Waals surface area contributed by atoms with E-state index in [2.05, 4.69) is 19.9 Å². The Morgan fingerprint density at radius 1 is 1.06 bits per heavy atom. The summed E-state index contributed by atoms with van der Waals surface area (Å²) < 4.78 is 32.7. The lowest BCUT2D eigenvalue weighted by Crippen LogP contribution is -2.30. The van der Waals surface area contributed by atoms with E-state index in [1.807, 2.05) is 36.4 Å². The molecule has 5 nitrogen and oxygen atoms in total. The predicted molar refractivity (Wildman–Crippen MR) is 137 cm³/mol. The Balaban J connectivity index is 1.65. The Morgan fingerprint density at radius 2 is 1.89 bits per heavy atom. The number of hydrogen-bond donors (Lipinski definition) is 1. The summed E-state index contributed by atoms with van der Waals surface area (Å²) in [6, 6.07) is 18.2. The molecule has 3 aromatic rings. The van der Waals surface area contributed by atoms with Crippen molar-refractivity contribution in [3.63, 3.8) is 0 Å². The molecule has 1 N–H and O–H groups in total. The average Bonchev–Trinajstić information content (AvgIpc) is 2.86. The van der Waals surface area contributed by atoms with Gasteiger partial charge in [0.05, 0.1) is 13.2 Å². The molecule has 0 saturated carbocycles. The topological polar surface area (TPSA) is 65.0 Å². The van der Waals surface area contributed by atoms with Crippen LogP contribution in [0.3, 0.4) is 0 Å². The minimum atomic E-state index is -0.825. The van der Waals surface area contributed by atoms with Gasteiger partial charge >= 0.3 is 5.97 Å². The molecule has 4 rings (SSSR count). The molecule has 1 unspecified atom stereocenters. The van der Waals surface area contributed by atoms with E-state index in [1.54, 1.807) is 19.2 Å². The van der Waals surface area contributed by atoms with Crippen molar-refractivity contribution < 1.29 is 28.5 Å². The van der Waals surface area contributed by atoms with Crippen LogP contribution in [-0.2, 0) is 22.6 Å². The third-order valence-corrected chi connectivity index (χ3v) is 6.75. The number of carboxylic acid groups (broad SMARTS) is 1. The number of rotatable bonds is 9. The maximum atomic E-state index is 15.0. The molecule has 1 aliphatic rings. The Bertz CT molecular complexity index is 1220. The van der Waals surface area contributed by atoms with E-state index < -0.39 is 5.97 Å². The Labute approximate surface area is 211 Å². The number of aliphatic carboxylic acids is 1. The lowest BCUT2D eigenvalue weighted by atomic mass is 9.75. The minimum Gasteiger partial charge on any atom is -0.497 e. The molecule has 1 atom stereocenters. The molecule has 0 radical (unpaired) electrons. The maximum Gasteiger partial charge on any atom is 0.303 e. The van der Waals surface area contributed by atoms with E-state index in [4.69, 9.17) is 19.3 Å². The normalized spacial score (nSPS) is 16.9. The van der Waals surface area contributed by atoms with Gasteiger partial charge in [0.15, 0.2) is 0 Å². The maximum absolute atomic E-state index is 15.0. The zero-order chi connectivity index (χ0) is 25.7. The first-order valence-corrected chi connectivity index (χ1v) is 12.3. The fraction of sp³-hybridized carbons (Fsp3) is 0.367. The molecule has 1 aliphatic heterocycles. The van der Waals surface area contributed by atoms with Crippen molar-refractivity contribution in [2.24, 2.45) is 5.41 Å². The molecule has 0 aromatic heterocycles. The van der Waals surface area contributed by atoms with Crippen molar-refractivity contribution in [3.05, 3.63) is 83.2 Å². The van der Waals surface area contributed by atoms with Crippen LogP contribution < -0.4 is 9.47 Å². The Kier molecular flexibility index (Phi) is 7.94. The molecule has 0 bridgehead atoms. The van der Waals surface area contributed by atoms with Crippen LogP contribution in [0.2, 0.25) is 0 Å². The summed E-state index contributed by atoms with van der Waals surface area (Å²) in [4.78, 5) is 10.9. The van der Waals surface area contributed by atoms with Gasteiger partial charge in [-0.2, -0.15) is 0 Å². The zero-order valence-corrected chi connectivity index (χ0v) is 21.1. The second-order valence-electron chi connectivity index (χ2n) is 9.94. The predicted octanol–water partition coefficient (Wildman–Crippen LogP) is 6.98. The molecule has 6 heteroatoms. The summed E-state index contributed by atoms with van der Waals surface area (Å²) in [6.45, 7) is 5.37. The summed E-state index contributed by atoms with van der Waals surface area (Å²) >= 11 is 0. The van der Waals surface area contributed by atoms with E-state index in [0.717, 1.165) is 35.1 Å². The van der Waals surface area contributed by atoms with E-state index in [1.165, 1.54) is 6.07 Å². The quantitative estimate of drug-likeness (QED) is 0.349. The van der Waals surface area contributed by atoms with Gasteiger partial charge in [0.25, 0.3) is 0 Å². The molecule has 1 heterocycles. The highest BCUT2D eigenvalue weighted by Crippen LogP contribution is 2.47. The third-order valence-electron chi connectivity index (χ3n) is 6.75. The highest BCUT2D eigenvalue weighted by Gasteiger charge is 2.36. The first-order chi connectivity index (χ1) is 17.3. The second-order valence-corrected chi connectivity index (χ2v) is 9.94. The average molecular weight is 493 g/mol. The zero-order valence-electron chi connectivity index (χ0n) is 21.1. The fourth-order valence-corrected chi connectivity index (χ4v) is 4.81. The summed E-state index contributed by atoms with van der Waals surface area (Å²) in [5, 5.41) is 8.95. The van der Waals surface area contributed by atoms with E-state index in [-0.39, 0.29) is 23.8 Å². The molecule has 190 valence electrons. The lowest BCUT2D eigenvalue weighted by Gasteiger charge is -2.39. The van der Waals surface area contributed by atoms with Gasteiger partial charge in [0.2, 0.25) is 0 Å². The standard InChI is InChI=1S/C30H33FO5/c1-30(2)14-5-15-35-29(30)26-17-21(8-11-24(26)25-18-22(34-3)10-12-27(25)31)19-36-23-7-4-6-20(16-23)9-13-28(32)33/h4,6-8,10-12,16-18,29H,5,9,13-15,19H2,1-3H3,(H,32,33). The number of ether oxygens (including phenoxy) is 3. The molecule has 0 spiro atoms. The summed E-state index contributed by atoms with van der Waals surface area (Å²) in [5.74, 6) is 0.134. The number of carboxylic acids is 1. The monoisotopic (exact) mass is 492 g/mol.